The van der Waals surface area contributed by atoms with Crippen LogP contribution in [0.1, 0.15) is 44.0 Å². The Morgan fingerprint density at radius 2 is 1.77 bits per heavy atom. The molecule has 2 N–H and O–H groups in total. The standard InChI is InChI=1S/C25H33N3O3/c1-18(2)17-31-23-9-7-21(8-10-23)26-16-24(29)27-22-6-4-5-20(15-22)25(30)28-13-11-19(3)12-14-28/h4-10,15,18-19,26H,11-14,16-17H2,1-3H3,(H,27,29). The van der Waals surface area contributed by atoms with E-state index in [1.807, 2.05) is 29.2 Å². The summed E-state index contributed by atoms with van der Waals surface area (Å²) in [5.74, 6) is 1.82. The van der Waals surface area contributed by atoms with E-state index < -0.39 is 0 Å². The maximum atomic E-state index is 12.8. The number of anilines is 2. The second-order valence-electron chi connectivity index (χ2n) is 8.69. The molecule has 0 spiro atoms. The number of carbonyl (C=O) groups is 2. The first-order valence-corrected chi connectivity index (χ1v) is 11.1. The SMILES string of the molecule is CC(C)COc1ccc(NCC(=O)Nc2cccc(C(=O)N3CCC(C)CC3)c2)cc1. The molecule has 0 atom stereocenters. The van der Waals surface area contributed by atoms with Crippen LogP contribution in [0, 0.1) is 11.8 Å². The van der Waals surface area contributed by atoms with Gasteiger partial charge in [0.05, 0.1) is 13.2 Å². The predicted octanol–water partition coefficient (Wildman–Crippen LogP) is 4.64. The number of nitrogens with one attached hydrogen (secondary N) is 2. The molecule has 31 heavy (non-hydrogen) atoms. The van der Waals surface area contributed by atoms with Crippen molar-refractivity contribution >= 4 is 23.2 Å². The molecule has 166 valence electrons. The van der Waals surface area contributed by atoms with Gasteiger partial charge in [0.15, 0.2) is 0 Å². The topological polar surface area (TPSA) is 70.7 Å². The quantitative estimate of drug-likeness (QED) is 0.649. The maximum absolute atomic E-state index is 12.8. The Hall–Kier alpha value is -3.02. The summed E-state index contributed by atoms with van der Waals surface area (Å²) in [4.78, 5) is 27.0. The Morgan fingerprint density at radius 1 is 1.06 bits per heavy atom. The summed E-state index contributed by atoms with van der Waals surface area (Å²) < 4.78 is 5.67. The molecule has 0 unspecified atom stereocenters. The molecule has 0 aliphatic carbocycles. The van der Waals surface area contributed by atoms with Crippen molar-refractivity contribution in [3.8, 4) is 5.75 Å². The zero-order chi connectivity index (χ0) is 22.2. The average Bonchev–Trinajstić information content (AvgIpc) is 2.77. The molecule has 1 aliphatic rings. The van der Waals surface area contributed by atoms with E-state index in [1.165, 1.54) is 0 Å². The summed E-state index contributed by atoms with van der Waals surface area (Å²) in [7, 11) is 0. The van der Waals surface area contributed by atoms with Crippen LogP contribution in [0.15, 0.2) is 48.5 Å². The molecule has 3 rings (SSSR count). The number of hydrogen-bond acceptors (Lipinski definition) is 4. The lowest BCUT2D eigenvalue weighted by Gasteiger charge is -2.30. The average molecular weight is 424 g/mol. The van der Waals surface area contributed by atoms with Crippen LogP contribution in [0.5, 0.6) is 5.75 Å². The van der Waals surface area contributed by atoms with Crippen LogP contribution in [0.4, 0.5) is 11.4 Å². The Kier molecular flexibility index (Phi) is 7.93. The van der Waals surface area contributed by atoms with Crippen molar-refractivity contribution in [2.45, 2.75) is 33.6 Å². The minimum atomic E-state index is -0.170. The van der Waals surface area contributed by atoms with E-state index in [4.69, 9.17) is 4.74 Å². The molecule has 2 aromatic rings. The van der Waals surface area contributed by atoms with E-state index in [9.17, 15) is 9.59 Å². The summed E-state index contributed by atoms with van der Waals surface area (Å²) in [5, 5.41) is 5.97. The zero-order valence-corrected chi connectivity index (χ0v) is 18.7. The highest BCUT2D eigenvalue weighted by Gasteiger charge is 2.21. The number of amides is 2. The van der Waals surface area contributed by atoms with Crippen molar-refractivity contribution in [3.05, 3.63) is 54.1 Å². The Labute approximate surface area is 185 Å². The second kappa shape index (κ2) is 10.8. The minimum absolute atomic E-state index is 0.0286. The molecule has 1 fully saturated rings. The number of rotatable bonds is 8. The van der Waals surface area contributed by atoms with Crippen molar-refractivity contribution < 1.29 is 14.3 Å². The van der Waals surface area contributed by atoms with Crippen LogP contribution in [-0.2, 0) is 4.79 Å². The highest BCUT2D eigenvalue weighted by Crippen LogP contribution is 2.20. The first-order chi connectivity index (χ1) is 14.9. The zero-order valence-electron chi connectivity index (χ0n) is 18.7. The molecule has 6 nitrogen and oxygen atoms in total. The summed E-state index contributed by atoms with van der Waals surface area (Å²) in [6.07, 6.45) is 2.08. The molecule has 6 heteroatoms. The van der Waals surface area contributed by atoms with E-state index in [0.717, 1.165) is 37.4 Å². The third-order valence-electron chi connectivity index (χ3n) is 5.35. The molecule has 1 heterocycles. The molecule has 1 saturated heterocycles. The lowest BCUT2D eigenvalue weighted by Crippen LogP contribution is -2.37. The fourth-order valence-corrected chi connectivity index (χ4v) is 3.44. The number of benzene rings is 2. The van der Waals surface area contributed by atoms with Gasteiger partial charge in [-0.2, -0.15) is 0 Å². The van der Waals surface area contributed by atoms with Gasteiger partial charge < -0.3 is 20.3 Å². The second-order valence-corrected chi connectivity index (χ2v) is 8.69. The van der Waals surface area contributed by atoms with Gasteiger partial charge in [-0.05, 0) is 67.1 Å². The van der Waals surface area contributed by atoms with Gasteiger partial charge in [0.1, 0.15) is 5.75 Å². The van der Waals surface area contributed by atoms with E-state index in [-0.39, 0.29) is 18.4 Å². The van der Waals surface area contributed by atoms with E-state index in [2.05, 4.69) is 31.4 Å². The summed E-state index contributed by atoms with van der Waals surface area (Å²) in [6, 6.07) is 14.7. The van der Waals surface area contributed by atoms with Gasteiger partial charge >= 0.3 is 0 Å². The molecule has 0 aromatic heterocycles. The van der Waals surface area contributed by atoms with Gasteiger partial charge in [-0.1, -0.05) is 26.8 Å². The number of nitrogens with zero attached hydrogens (tertiary/aromatic N) is 1. The Morgan fingerprint density at radius 3 is 2.45 bits per heavy atom. The summed E-state index contributed by atoms with van der Waals surface area (Å²) in [6.45, 7) is 8.83. The number of piperidine rings is 1. The van der Waals surface area contributed by atoms with E-state index in [1.54, 1.807) is 24.3 Å². The smallest absolute Gasteiger partial charge is 0.253 e. The third kappa shape index (κ3) is 7.02. The van der Waals surface area contributed by atoms with Gasteiger partial charge in [0.2, 0.25) is 5.91 Å². The monoisotopic (exact) mass is 423 g/mol. The summed E-state index contributed by atoms with van der Waals surface area (Å²) >= 11 is 0. The van der Waals surface area contributed by atoms with Gasteiger partial charge in [-0.3, -0.25) is 9.59 Å². The summed E-state index contributed by atoms with van der Waals surface area (Å²) in [5.41, 5.74) is 2.08. The number of carbonyl (C=O) groups excluding carboxylic acids is 2. The molecule has 1 aliphatic heterocycles. The highest BCUT2D eigenvalue weighted by atomic mass is 16.5. The molecular weight excluding hydrogens is 390 g/mol. The van der Waals surface area contributed by atoms with Crippen molar-refractivity contribution in [1.82, 2.24) is 4.90 Å². The molecule has 2 aromatic carbocycles. The van der Waals surface area contributed by atoms with Crippen molar-refractivity contribution in [1.29, 1.82) is 0 Å². The molecule has 2 amide bonds. The maximum Gasteiger partial charge on any atom is 0.253 e. The van der Waals surface area contributed by atoms with Crippen LogP contribution < -0.4 is 15.4 Å². The van der Waals surface area contributed by atoms with Gasteiger partial charge in [0, 0.05) is 30.0 Å². The first-order valence-electron chi connectivity index (χ1n) is 11.1. The fourth-order valence-electron chi connectivity index (χ4n) is 3.44. The van der Waals surface area contributed by atoms with E-state index in [0.29, 0.717) is 29.7 Å². The predicted molar refractivity (Wildman–Crippen MR) is 125 cm³/mol. The fraction of sp³-hybridized carbons (Fsp3) is 0.440. The molecule has 0 radical (unpaired) electrons. The first kappa shape index (κ1) is 22.7. The van der Waals surface area contributed by atoms with Crippen LogP contribution >= 0.6 is 0 Å². The van der Waals surface area contributed by atoms with Crippen LogP contribution in [0.25, 0.3) is 0 Å². The molecule has 0 bridgehead atoms. The lowest BCUT2D eigenvalue weighted by atomic mass is 9.98. The Bertz CT molecular complexity index is 872. The number of ether oxygens (including phenoxy) is 1. The number of hydrogen-bond donors (Lipinski definition) is 2. The van der Waals surface area contributed by atoms with Crippen LogP contribution in [0.3, 0.4) is 0 Å². The largest absolute Gasteiger partial charge is 0.493 e. The highest BCUT2D eigenvalue weighted by molar-refractivity contribution is 5.98. The number of likely N-dealkylation sites (tertiary alicyclic amines) is 1. The molecular formula is C25H33N3O3. The Balaban J connectivity index is 1.49. The van der Waals surface area contributed by atoms with Gasteiger partial charge in [0.25, 0.3) is 5.91 Å². The normalized spacial score (nSPS) is 14.4. The van der Waals surface area contributed by atoms with E-state index >= 15 is 0 Å². The van der Waals surface area contributed by atoms with Crippen molar-refractivity contribution in [2.24, 2.45) is 11.8 Å². The minimum Gasteiger partial charge on any atom is -0.493 e. The third-order valence-corrected chi connectivity index (χ3v) is 5.35. The lowest BCUT2D eigenvalue weighted by molar-refractivity contribution is -0.114. The van der Waals surface area contributed by atoms with Crippen LogP contribution in [0.2, 0.25) is 0 Å². The van der Waals surface area contributed by atoms with Gasteiger partial charge in [-0.15, -0.1) is 0 Å². The van der Waals surface area contributed by atoms with Crippen molar-refractivity contribution in [2.75, 3.05) is 36.9 Å². The molecule has 0 saturated carbocycles. The van der Waals surface area contributed by atoms with Gasteiger partial charge in [-0.25, -0.2) is 0 Å². The van der Waals surface area contributed by atoms with Crippen molar-refractivity contribution in [3.63, 3.8) is 0 Å². The van der Waals surface area contributed by atoms with Crippen LogP contribution in [-0.4, -0.2) is 43.0 Å².